The van der Waals surface area contributed by atoms with Gasteiger partial charge in [-0.1, -0.05) is 0 Å². The van der Waals surface area contributed by atoms with Crippen LogP contribution in [0.25, 0.3) is 0 Å². The summed E-state index contributed by atoms with van der Waals surface area (Å²) in [7, 11) is 0. The molecular formula is C12H13ClFNO. The number of nitrogens with one attached hydrogen (secondary N) is 1. The van der Waals surface area contributed by atoms with Crippen LogP contribution in [-0.2, 0) is 4.79 Å². The average Bonchev–Trinajstić information content (AvgIpc) is 3.05. The van der Waals surface area contributed by atoms with Crippen molar-refractivity contribution in [1.82, 2.24) is 5.32 Å². The molecule has 1 saturated heterocycles. The molecule has 1 N–H and O–H groups in total. The summed E-state index contributed by atoms with van der Waals surface area (Å²) >= 11 is 6.34. The monoisotopic (exact) mass is 241 g/mol. The molecule has 3 rings (SSSR count). The van der Waals surface area contributed by atoms with Gasteiger partial charge in [0.1, 0.15) is 11.0 Å². The maximum atomic E-state index is 14.0. The predicted molar refractivity (Wildman–Crippen MR) is 60.0 cm³/mol. The van der Waals surface area contributed by atoms with E-state index in [1.807, 2.05) is 0 Å². The fraction of sp³-hybridized carbons (Fsp3) is 0.583. The second-order valence-electron chi connectivity index (χ2n) is 4.74. The standard InChI is InChI=1S/C12H13ClFNO/c13-12(7-1-2-7)6-9-8(5-11(12)14)10(16)3-4-15-9/h5-7,11,15H,1-4H2. The number of hydrogen-bond acceptors (Lipinski definition) is 2. The third kappa shape index (κ3) is 1.41. The Morgan fingerprint density at radius 3 is 2.94 bits per heavy atom. The first kappa shape index (κ1) is 10.3. The number of halogens is 2. The Bertz CT molecular complexity index is 413. The topological polar surface area (TPSA) is 29.1 Å². The first-order valence-corrected chi connectivity index (χ1v) is 6.04. The minimum absolute atomic E-state index is 0.0159. The molecule has 0 aromatic rings. The number of fused-ring (bicyclic) bond motifs is 1. The van der Waals surface area contributed by atoms with Crippen molar-refractivity contribution in [3.63, 3.8) is 0 Å². The van der Waals surface area contributed by atoms with Crippen LogP contribution in [0.15, 0.2) is 23.4 Å². The highest BCUT2D eigenvalue weighted by molar-refractivity contribution is 6.27. The average molecular weight is 242 g/mol. The largest absolute Gasteiger partial charge is 0.384 e. The highest BCUT2D eigenvalue weighted by Crippen LogP contribution is 2.50. The van der Waals surface area contributed by atoms with Crippen molar-refractivity contribution in [2.24, 2.45) is 5.92 Å². The van der Waals surface area contributed by atoms with Crippen LogP contribution in [0, 0.1) is 5.92 Å². The van der Waals surface area contributed by atoms with E-state index in [0.29, 0.717) is 18.5 Å². The molecule has 3 aliphatic rings. The maximum Gasteiger partial charge on any atom is 0.166 e. The molecular weight excluding hydrogens is 229 g/mol. The van der Waals surface area contributed by atoms with Gasteiger partial charge in [-0.05, 0) is 30.9 Å². The lowest BCUT2D eigenvalue weighted by molar-refractivity contribution is -0.115. The van der Waals surface area contributed by atoms with Gasteiger partial charge in [0.05, 0.1) is 0 Å². The van der Waals surface area contributed by atoms with E-state index < -0.39 is 11.0 Å². The minimum atomic E-state index is -1.25. The molecule has 0 amide bonds. The summed E-state index contributed by atoms with van der Waals surface area (Å²) in [5.41, 5.74) is 1.21. The molecule has 16 heavy (non-hydrogen) atoms. The van der Waals surface area contributed by atoms with Crippen LogP contribution in [0.3, 0.4) is 0 Å². The van der Waals surface area contributed by atoms with Crippen LogP contribution < -0.4 is 5.32 Å². The number of alkyl halides is 2. The van der Waals surface area contributed by atoms with E-state index in [1.165, 1.54) is 6.08 Å². The normalized spacial score (nSPS) is 38.4. The van der Waals surface area contributed by atoms with E-state index >= 15 is 0 Å². The molecule has 2 atom stereocenters. The summed E-state index contributed by atoms with van der Waals surface area (Å²) in [5.74, 6) is 0.232. The number of allylic oxidation sites excluding steroid dienone is 3. The van der Waals surface area contributed by atoms with Crippen molar-refractivity contribution in [3.05, 3.63) is 23.4 Å². The summed E-state index contributed by atoms with van der Waals surface area (Å²) in [4.78, 5) is 10.7. The van der Waals surface area contributed by atoms with E-state index in [9.17, 15) is 9.18 Å². The lowest BCUT2D eigenvalue weighted by Gasteiger charge is -2.33. The molecule has 2 fully saturated rings. The van der Waals surface area contributed by atoms with Crippen molar-refractivity contribution in [2.45, 2.75) is 30.3 Å². The smallest absolute Gasteiger partial charge is 0.166 e. The first-order chi connectivity index (χ1) is 7.61. The summed E-state index contributed by atoms with van der Waals surface area (Å²) in [6.07, 6.45) is 4.27. The second kappa shape index (κ2) is 3.33. The van der Waals surface area contributed by atoms with Gasteiger partial charge >= 0.3 is 0 Å². The quantitative estimate of drug-likeness (QED) is 0.713. The third-order valence-electron chi connectivity index (χ3n) is 3.56. The molecule has 2 nitrogen and oxygen atoms in total. The van der Waals surface area contributed by atoms with Crippen LogP contribution in [0.1, 0.15) is 19.3 Å². The van der Waals surface area contributed by atoms with Gasteiger partial charge in [0, 0.05) is 24.2 Å². The molecule has 1 aliphatic heterocycles. The zero-order valence-corrected chi connectivity index (χ0v) is 9.56. The number of carbonyl (C=O) groups is 1. The third-order valence-corrected chi connectivity index (χ3v) is 4.19. The molecule has 0 bridgehead atoms. The van der Waals surface area contributed by atoms with Gasteiger partial charge < -0.3 is 5.32 Å². The predicted octanol–water partition coefficient (Wildman–Crippen LogP) is 2.10. The van der Waals surface area contributed by atoms with Crippen LogP contribution in [-0.4, -0.2) is 23.4 Å². The van der Waals surface area contributed by atoms with Gasteiger partial charge in [-0.15, -0.1) is 11.6 Å². The number of carbonyl (C=O) groups excluding carboxylic acids is 1. The molecule has 0 aromatic heterocycles. The second-order valence-corrected chi connectivity index (χ2v) is 5.40. The number of piperidine rings is 1. The Labute approximate surface area is 98.5 Å². The van der Waals surface area contributed by atoms with Crippen molar-refractivity contribution in [1.29, 1.82) is 0 Å². The molecule has 0 aromatic carbocycles. The number of ketones is 1. The summed E-state index contributed by atoms with van der Waals surface area (Å²) in [6.45, 7) is 0.622. The van der Waals surface area contributed by atoms with E-state index in [2.05, 4.69) is 5.32 Å². The Kier molecular flexibility index (Phi) is 2.15. The lowest BCUT2D eigenvalue weighted by atomic mass is 9.85. The zero-order chi connectivity index (χ0) is 11.3. The van der Waals surface area contributed by atoms with E-state index in [1.54, 1.807) is 6.08 Å². The van der Waals surface area contributed by atoms with Crippen LogP contribution in [0.4, 0.5) is 4.39 Å². The molecule has 0 radical (unpaired) electrons. The molecule has 0 spiro atoms. The van der Waals surface area contributed by atoms with Gasteiger partial charge in [-0.25, -0.2) is 4.39 Å². The molecule has 2 unspecified atom stereocenters. The zero-order valence-electron chi connectivity index (χ0n) is 8.80. The van der Waals surface area contributed by atoms with Gasteiger partial charge in [-0.2, -0.15) is 0 Å². The molecule has 2 aliphatic carbocycles. The number of Topliss-reactive ketones (excluding diaryl/α,β-unsaturated/α-hetero) is 1. The Morgan fingerprint density at radius 2 is 2.25 bits per heavy atom. The highest BCUT2D eigenvalue weighted by Gasteiger charge is 2.50. The van der Waals surface area contributed by atoms with E-state index in [4.69, 9.17) is 11.6 Å². The first-order valence-electron chi connectivity index (χ1n) is 5.66. The van der Waals surface area contributed by atoms with Gasteiger partial charge in [0.15, 0.2) is 5.78 Å². The fourth-order valence-electron chi connectivity index (χ4n) is 2.45. The van der Waals surface area contributed by atoms with Crippen molar-refractivity contribution in [3.8, 4) is 0 Å². The van der Waals surface area contributed by atoms with Crippen LogP contribution >= 0.6 is 11.6 Å². The van der Waals surface area contributed by atoms with Gasteiger partial charge in [0.2, 0.25) is 0 Å². The summed E-state index contributed by atoms with van der Waals surface area (Å²) < 4.78 is 14.0. The summed E-state index contributed by atoms with van der Waals surface area (Å²) in [5, 5.41) is 3.13. The highest BCUT2D eigenvalue weighted by atomic mass is 35.5. The Balaban J connectivity index is 1.99. The SMILES string of the molecule is O=C1CCNC2=CC(Cl)(C3CC3)C(F)C=C12. The van der Waals surface area contributed by atoms with E-state index in [-0.39, 0.29) is 11.7 Å². The molecule has 1 heterocycles. The van der Waals surface area contributed by atoms with Gasteiger partial charge in [-0.3, -0.25) is 4.79 Å². The van der Waals surface area contributed by atoms with Crippen molar-refractivity contribution < 1.29 is 9.18 Å². The minimum Gasteiger partial charge on any atom is -0.384 e. The van der Waals surface area contributed by atoms with Crippen molar-refractivity contribution >= 4 is 17.4 Å². The van der Waals surface area contributed by atoms with Gasteiger partial charge in [0.25, 0.3) is 0 Å². The Morgan fingerprint density at radius 1 is 1.50 bits per heavy atom. The molecule has 4 heteroatoms. The van der Waals surface area contributed by atoms with Crippen molar-refractivity contribution in [2.75, 3.05) is 6.54 Å². The lowest BCUT2D eigenvalue weighted by Crippen LogP contribution is -2.41. The van der Waals surface area contributed by atoms with E-state index in [0.717, 1.165) is 18.5 Å². The number of hydrogen-bond donors (Lipinski definition) is 1. The van der Waals surface area contributed by atoms with Crippen LogP contribution in [0.2, 0.25) is 0 Å². The number of rotatable bonds is 1. The Hall–Kier alpha value is -0.830. The summed E-state index contributed by atoms with van der Waals surface area (Å²) in [6, 6.07) is 0. The fourth-order valence-corrected chi connectivity index (χ4v) is 2.84. The van der Waals surface area contributed by atoms with Crippen LogP contribution in [0.5, 0.6) is 0 Å². The maximum absolute atomic E-state index is 14.0. The molecule has 86 valence electrons. The molecule has 1 saturated carbocycles.